The van der Waals surface area contributed by atoms with Crippen molar-refractivity contribution in [2.24, 2.45) is 5.92 Å². The molecular weight excluding hydrogens is 232 g/mol. The highest BCUT2D eigenvalue weighted by Crippen LogP contribution is 2.21. The van der Waals surface area contributed by atoms with Crippen LogP contribution < -0.4 is 10.2 Å². The lowest BCUT2D eigenvalue weighted by Gasteiger charge is -2.17. The zero-order chi connectivity index (χ0) is 13.0. The first-order valence-electron chi connectivity index (χ1n) is 6.04. The lowest BCUT2D eigenvalue weighted by Crippen LogP contribution is -2.25. The van der Waals surface area contributed by atoms with E-state index >= 15 is 0 Å². The fraction of sp³-hybridized carbons (Fsp3) is 0.583. The van der Waals surface area contributed by atoms with Crippen molar-refractivity contribution >= 4 is 11.8 Å². The van der Waals surface area contributed by atoms with Gasteiger partial charge in [0.15, 0.2) is 5.69 Å². The van der Waals surface area contributed by atoms with E-state index in [1.165, 1.54) is 13.3 Å². The summed E-state index contributed by atoms with van der Waals surface area (Å²) in [7, 11) is 3.30. The summed E-state index contributed by atoms with van der Waals surface area (Å²) >= 11 is 0. The number of anilines is 1. The highest BCUT2D eigenvalue weighted by molar-refractivity contribution is 5.87. The van der Waals surface area contributed by atoms with E-state index < -0.39 is 5.97 Å². The van der Waals surface area contributed by atoms with E-state index in [1.54, 1.807) is 6.20 Å². The number of carbonyl (C=O) groups excluding carboxylic acids is 1. The standard InChI is InChI=1S/C12H18N4O2/c1-13-5-9-3-4-16(8-9)11-7-14-6-10(15-11)12(17)18-2/h6-7,9,13H,3-5,8H2,1-2H3. The smallest absolute Gasteiger partial charge is 0.358 e. The van der Waals surface area contributed by atoms with Gasteiger partial charge in [-0.15, -0.1) is 0 Å². The van der Waals surface area contributed by atoms with Crippen molar-refractivity contribution in [1.29, 1.82) is 0 Å². The van der Waals surface area contributed by atoms with E-state index in [1.807, 2.05) is 7.05 Å². The van der Waals surface area contributed by atoms with Gasteiger partial charge in [0.05, 0.1) is 19.5 Å². The largest absolute Gasteiger partial charge is 0.464 e. The molecule has 0 saturated carbocycles. The van der Waals surface area contributed by atoms with Crippen LogP contribution in [0.3, 0.4) is 0 Å². The van der Waals surface area contributed by atoms with Crippen LogP contribution in [-0.2, 0) is 4.74 Å². The number of carbonyl (C=O) groups is 1. The number of hydrogen-bond acceptors (Lipinski definition) is 6. The average Bonchev–Trinajstić information content (AvgIpc) is 2.87. The van der Waals surface area contributed by atoms with Gasteiger partial charge in [-0.3, -0.25) is 4.98 Å². The lowest BCUT2D eigenvalue weighted by molar-refractivity contribution is 0.0593. The second-order valence-electron chi connectivity index (χ2n) is 4.41. The zero-order valence-electron chi connectivity index (χ0n) is 10.7. The summed E-state index contributed by atoms with van der Waals surface area (Å²) in [5.74, 6) is 0.922. The third-order valence-corrected chi connectivity index (χ3v) is 3.12. The molecule has 1 aromatic heterocycles. The molecule has 98 valence electrons. The van der Waals surface area contributed by atoms with Crippen LogP contribution in [0.1, 0.15) is 16.9 Å². The Morgan fingerprint density at radius 2 is 2.44 bits per heavy atom. The van der Waals surface area contributed by atoms with Crippen LogP contribution in [0.4, 0.5) is 5.82 Å². The number of aromatic nitrogens is 2. The summed E-state index contributed by atoms with van der Waals surface area (Å²) in [5, 5.41) is 3.18. The Morgan fingerprint density at radius 3 is 3.17 bits per heavy atom. The average molecular weight is 250 g/mol. The molecule has 0 radical (unpaired) electrons. The molecule has 1 aliphatic heterocycles. The molecule has 1 atom stereocenters. The number of methoxy groups -OCH3 is 1. The predicted octanol–water partition coefficient (Wildman–Crippen LogP) is 0.309. The molecule has 1 aliphatic rings. The molecular formula is C12H18N4O2. The first-order chi connectivity index (χ1) is 8.74. The Morgan fingerprint density at radius 1 is 1.61 bits per heavy atom. The maximum atomic E-state index is 11.4. The Hall–Kier alpha value is -1.69. The third kappa shape index (κ3) is 2.76. The van der Waals surface area contributed by atoms with Gasteiger partial charge >= 0.3 is 5.97 Å². The molecule has 1 saturated heterocycles. The van der Waals surface area contributed by atoms with Crippen molar-refractivity contribution in [2.75, 3.05) is 38.7 Å². The van der Waals surface area contributed by atoms with Gasteiger partial charge in [-0.05, 0) is 25.9 Å². The molecule has 1 aromatic rings. The van der Waals surface area contributed by atoms with Crippen LogP contribution in [0.15, 0.2) is 12.4 Å². The van der Waals surface area contributed by atoms with Crippen LogP contribution in [0.25, 0.3) is 0 Å². The SMILES string of the molecule is CNCC1CCN(c2cncc(C(=O)OC)n2)C1. The molecule has 0 aliphatic carbocycles. The topological polar surface area (TPSA) is 67.4 Å². The maximum Gasteiger partial charge on any atom is 0.358 e. The first kappa shape index (κ1) is 12.8. The molecule has 1 unspecified atom stereocenters. The second kappa shape index (κ2) is 5.77. The van der Waals surface area contributed by atoms with Crippen LogP contribution in [-0.4, -0.2) is 49.7 Å². The predicted molar refractivity (Wildman–Crippen MR) is 67.6 cm³/mol. The number of hydrogen-bond donors (Lipinski definition) is 1. The summed E-state index contributed by atoms with van der Waals surface area (Å²) in [6, 6.07) is 0. The van der Waals surface area contributed by atoms with E-state index in [4.69, 9.17) is 0 Å². The summed E-state index contributed by atoms with van der Waals surface area (Å²) in [4.78, 5) is 21.9. The van der Waals surface area contributed by atoms with Crippen LogP contribution in [0.2, 0.25) is 0 Å². The van der Waals surface area contributed by atoms with Gasteiger partial charge in [-0.25, -0.2) is 9.78 Å². The van der Waals surface area contributed by atoms with Crippen molar-refractivity contribution in [1.82, 2.24) is 15.3 Å². The van der Waals surface area contributed by atoms with Gasteiger partial charge in [-0.1, -0.05) is 0 Å². The Balaban J connectivity index is 2.08. The summed E-state index contributed by atoms with van der Waals surface area (Å²) < 4.78 is 4.64. The number of esters is 1. The minimum absolute atomic E-state index is 0.257. The molecule has 6 heteroatoms. The first-order valence-corrected chi connectivity index (χ1v) is 6.04. The molecule has 2 rings (SSSR count). The van der Waals surface area contributed by atoms with Crippen molar-refractivity contribution < 1.29 is 9.53 Å². The summed E-state index contributed by atoms with van der Waals surface area (Å²) in [6.45, 7) is 2.90. The summed E-state index contributed by atoms with van der Waals surface area (Å²) in [5.41, 5.74) is 0.257. The number of ether oxygens (including phenoxy) is 1. The van der Waals surface area contributed by atoms with E-state index in [2.05, 4.69) is 24.9 Å². The van der Waals surface area contributed by atoms with Gasteiger partial charge in [-0.2, -0.15) is 0 Å². The van der Waals surface area contributed by atoms with E-state index in [9.17, 15) is 4.79 Å². The van der Waals surface area contributed by atoms with Gasteiger partial charge in [0.25, 0.3) is 0 Å². The van der Waals surface area contributed by atoms with Crippen LogP contribution in [0.5, 0.6) is 0 Å². The number of rotatable bonds is 4. The van der Waals surface area contributed by atoms with Gasteiger partial charge in [0, 0.05) is 13.1 Å². The summed E-state index contributed by atoms with van der Waals surface area (Å²) in [6.07, 6.45) is 4.25. The van der Waals surface area contributed by atoms with Crippen molar-refractivity contribution in [3.63, 3.8) is 0 Å². The van der Waals surface area contributed by atoms with Gasteiger partial charge < -0.3 is 15.0 Å². The molecule has 0 aromatic carbocycles. The lowest BCUT2D eigenvalue weighted by atomic mass is 10.1. The highest BCUT2D eigenvalue weighted by atomic mass is 16.5. The molecule has 0 amide bonds. The van der Waals surface area contributed by atoms with Crippen molar-refractivity contribution in [3.05, 3.63) is 18.1 Å². The van der Waals surface area contributed by atoms with E-state index in [0.29, 0.717) is 5.92 Å². The third-order valence-electron chi connectivity index (χ3n) is 3.12. The minimum Gasteiger partial charge on any atom is -0.464 e. The Kier molecular flexibility index (Phi) is 4.09. The van der Waals surface area contributed by atoms with Gasteiger partial charge in [0.2, 0.25) is 0 Å². The van der Waals surface area contributed by atoms with E-state index in [0.717, 1.165) is 31.9 Å². The minimum atomic E-state index is -0.449. The van der Waals surface area contributed by atoms with E-state index in [-0.39, 0.29) is 5.69 Å². The molecule has 2 heterocycles. The molecule has 1 fully saturated rings. The molecule has 1 N–H and O–H groups in total. The number of nitrogens with zero attached hydrogens (tertiary/aromatic N) is 3. The molecule has 6 nitrogen and oxygen atoms in total. The number of nitrogens with one attached hydrogen (secondary N) is 1. The van der Waals surface area contributed by atoms with Crippen molar-refractivity contribution in [3.8, 4) is 0 Å². The molecule has 0 bridgehead atoms. The zero-order valence-corrected chi connectivity index (χ0v) is 10.7. The van der Waals surface area contributed by atoms with Crippen molar-refractivity contribution in [2.45, 2.75) is 6.42 Å². The molecule has 0 spiro atoms. The molecule has 18 heavy (non-hydrogen) atoms. The van der Waals surface area contributed by atoms with Crippen LogP contribution >= 0.6 is 0 Å². The maximum absolute atomic E-state index is 11.4. The van der Waals surface area contributed by atoms with Crippen LogP contribution in [0, 0.1) is 5.92 Å². The van der Waals surface area contributed by atoms with Gasteiger partial charge in [0.1, 0.15) is 5.82 Å². The highest BCUT2D eigenvalue weighted by Gasteiger charge is 2.23. The quantitative estimate of drug-likeness (QED) is 0.776. The Labute approximate surface area is 106 Å². The fourth-order valence-electron chi connectivity index (χ4n) is 2.21. The normalized spacial score (nSPS) is 19.0. The monoisotopic (exact) mass is 250 g/mol. The Bertz CT molecular complexity index is 424. The second-order valence-corrected chi connectivity index (χ2v) is 4.41. The fourth-order valence-corrected chi connectivity index (χ4v) is 2.21.